The van der Waals surface area contributed by atoms with Gasteiger partial charge in [0.05, 0.1) is 0 Å². The molecule has 0 bridgehead atoms. The Morgan fingerprint density at radius 3 is 2.59 bits per heavy atom. The van der Waals surface area contributed by atoms with Crippen LogP contribution in [0.5, 0.6) is 0 Å². The number of rotatable bonds is 2. The summed E-state index contributed by atoms with van der Waals surface area (Å²) in [7, 11) is 0. The summed E-state index contributed by atoms with van der Waals surface area (Å²) >= 11 is 0. The molecule has 2 aliphatic heterocycles. The van der Waals surface area contributed by atoms with Gasteiger partial charge in [0.1, 0.15) is 6.04 Å². The van der Waals surface area contributed by atoms with E-state index in [1.807, 2.05) is 13.0 Å². The van der Waals surface area contributed by atoms with Crippen LogP contribution in [0.15, 0.2) is 12.1 Å². The summed E-state index contributed by atoms with van der Waals surface area (Å²) in [5.41, 5.74) is 3.86. The first-order chi connectivity index (χ1) is 10.4. The second-order valence-corrected chi connectivity index (χ2v) is 6.38. The highest BCUT2D eigenvalue weighted by molar-refractivity contribution is 6.06. The van der Waals surface area contributed by atoms with Gasteiger partial charge in [0.25, 0.3) is 5.91 Å². The Morgan fingerprint density at radius 1 is 1.23 bits per heavy atom. The largest absolute Gasteiger partial charge is 0.322 e. The number of aryl methyl sites for hydroxylation is 1. The van der Waals surface area contributed by atoms with Crippen molar-refractivity contribution in [2.24, 2.45) is 0 Å². The van der Waals surface area contributed by atoms with Gasteiger partial charge in [-0.05, 0) is 36.0 Å². The highest BCUT2D eigenvalue weighted by atomic mass is 16.2. The Balaban J connectivity index is 1.97. The summed E-state index contributed by atoms with van der Waals surface area (Å²) < 4.78 is 0. The number of nitrogens with zero attached hydrogens (tertiary/aromatic N) is 1. The van der Waals surface area contributed by atoms with Crippen LogP contribution in [0, 0.1) is 6.92 Å². The number of piperidine rings is 1. The summed E-state index contributed by atoms with van der Waals surface area (Å²) in [6.45, 7) is 6.58. The number of carbonyl (C=O) groups excluding carboxylic acids is 3. The van der Waals surface area contributed by atoms with Crippen LogP contribution >= 0.6 is 0 Å². The van der Waals surface area contributed by atoms with Gasteiger partial charge < -0.3 is 4.90 Å². The molecule has 1 unspecified atom stereocenters. The average molecular weight is 300 g/mol. The first kappa shape index (κ1) is 14.8. The van der Waals surface area contributed by atoms with Crippen molar-refractivity contribution in [2.75, 3.05) is 0 Å². The van der Waals surface area contributed by atoms with Crippen LogP contribution in [0.2, 0.25) is 0 Å². The Labute approximate surface area is 129 Å². The first-order valence-corrected chi connectivity index (χ1v) is 7.67. The average Bonchev–Trinajstić information content (AvgIpc) is 2.77. The van der Waals surface area contributed by atoms with Crippen LogP contribution in [0.25, 0.3) is 0 Å². The Hall–Kier alpha value is -2.17. The zero-order chi connectivity index (χ0) is 16.0. The minimum absolute atomic E-state index is 0.0931. The molecular weight excluding hydrogens is 280 g/mol. The smallest absolute Gasteiger partial charge is 0.255 e. The molecule has 1 aromatic rings. The standard InChI is InChI=1S/C17H20N2O3/c1-9(2)11-5-4-10(3)15-12(11)8-19(17(15)22)13-6-7-14(20)18-16(13)21/h4-5,9,13H,6-8H2,1-3H3,(H,18,20,21). The maximum absolute atomic E-state index is 12.8. The van der Waals surface area contributed by atoms with Crippen LogP contribution in [0.3, 0.4) is 0 Å². The lowest BCUT2D eigenvalue weighted by atomic mass is 9.92. The third kappa shape index (κ3) is 2.21. The fraction of sp³-hybridized carbons (Fsp3) is 0.471. The molecule has 0 aromatic heterocycles. The van der Waals surface area contributed by atoms with Crippen molar-refractivity contribution < 1.29 is 14.4 Å². The first-order valence-electron chi connectivity index (χ1n) is 7.67. The molecule has 1 N–H and O–H groups in total. The van der Waals surface area contributed by atoms with Crippen molar-refractivity contribution in [3.8, 4) is 0 Å². The van der Waals surface area contributed by atoms with E-state index in [0.29, 0.717) is 18.9 Å². The van der Waals surface area contributed by atoms with Gasteiger partial charge in [-0.15, -0.1) is 0 Å². The lowest BCUT2D eigenvalue weighted by Crippen LogP contribution is -2.52. The maximum Gasteiger partial charge on any atom is 0.255 e. The van der Waals surface area contributed by atoms with Gasteiger partial charge in [-0.25, -0.2) is 0 Å². The Bertz CT molecular complexity index is 679. The molecule has 1 fully saturated rings. The quantitative estimate of drug-likeness (QED) is 0.848. The van der Waals surface area contributed by atoms with Crippen LogP contribution in [0.4, 0.5) is 0 Å². The SMILES string of the molecule is Cc1ccc(C(C)C)c2c1C(=O)N(C1CCC(=O)NC1=O)C2. The fourth-order valence-corrected chi connectivity index (χ4v) is 3.41. The van der Waals surface area contributed by atoms with Gasteiger partial charge in [-0.3, -0.25) is 19.7 Å². The van der Waals surface area contributed by atoms with E-state index in [0.717, 1.165) is 22.3 Å². The summed E-state index contributed by atoms with van der Waals surface area (Å²) in [4.78, 5) is 37.8. The summed E-state index contributed by atoms with van der Waals surface area (Å²) in [5, 5.41) is 2.33. The van der Waals surface area contributed by atoms with E-state index in [1.165, 1.54) is 0 Å². The number of fused-ring (bicyclic) bond motifs is 1. The van der Waals surface area contributed by atoms with Crippen molar-refractivity contribution in [3.05, 3.63) is 34.4 Å². The zero-order valence-electron chi connectivity index (χ0n) is 13.1. The predicted octanol–water partition coefficient (Wildman–Crippen LogP) is 1.88. The van der Waals surface area contributed by atoms with E-state index >= 15 is 0 Å². The molecule has 5 heteroatoms. The third-order valence-corrected chi connectivity index (χ3v) is 4.57. The van der Waals surface area contributed by atoms with E-state index in [9.17, 15) is 14.4 Å². The van der Waals surface area contributed by atoms with Gasteiger partial charge in [-0.1, -0.05) is 26.0 Å². The van der Waals surface area contributed by atoms with E-state index in [1.54, 1.807) is 4.90 Å². The highest BCUT2D eigenvalue weighted by Crippen LogP contribution is 2.34. The van der Waals surface area contributed by atoms with E-state index < -0.39 is 6.04 Å². The van der Waals surface area contributed by atoms with Gasteiger partial charge in [0.15, 0.2) is 0 Å². The van der Waals surface area contributed by atoms with Crippen LogP contribution in [-0.4, -0.2) is 28.7 Å². The van der Waals surface area contributed by atoms with Crippen molar-refractivity contribution in [1.82, 2.24) is 10.2 Å². The molecule has 0 radical (unpaired) electrons. The lowest BCUT2D eigenvalue weighted by molar-refractivity contribution is -0.136. The second kappa shape index (κ2) is 5.23. The normalized spacial score (nSPS) is 21.4. The minimum atomic E-state index is -0.544. The number of amides is 3. The summed E-state index contributed by atoms with van der Waals surface area (Å²) in [6.07, 6.45) is 0.688. The molecule has 0 spiro atoms. The van der Waals surface area contributed by atoms with E-state index in [2.05, 4.69) is 25.2 Å². The molecule has 1 saturated heterocycles. The van der Waals surface area contributed by atoms with Crippen LogP contribution < -0.4 is 5.32 Å². The molecule has 1 aromatic carbocycles. The van der Waals surface area contributed by atoms with Gasteiger partial charge in [0.2, 0.25) is 11.8 Å². The molecule has 0 saturated carbocycles. The highest BCUT2D eigenvalue weighted by Gasteiger charge is 2.40. The maximum atomic E-state index is 12.8. The number of hydrogen-bond donors (Lipinski definition) is 1. The molecule has 2 aliphatic rings. The van der Waals surface area contributed by atoms with Crippen LogP contribution in [0.1, 0.15) is 59.7 Å². The van der Waals surface area contributed by atoms with Crippen molar-refractivity contribution in [1.29, 1.82) is 0 Å². The van der Waals surface area contributed by atoms with Crippen molar-refractivity contribution >= 4 is 17.7 Å². The number of hydrogen-bond acceptors (Lipinski definition) is 3. The van der Waals surface area contributed by atoms with Gasteiger partial charge in [0, 0.05) is 18.5 Å². The topological polar surface area (TPSA) is 66.5 Å². The summed E-state index contributed by atoms with van der Waals surface area (Å²) in [6, 6.07) is 3.50. The molecule has 1 atom stereocenters. The van der Waals surface area contributed by atoms with Gasteiger partial charge >= 0.3 is 0 Å². The third-order valence-electron chi connectivity index (χ3n) is 4.57. The second-order valence-electron chi connectivity index (χ2n) is 6.38. The summed E-state index contributed by atoms with van der Waals surface area (Å²) in [5.74, 6) is -0.390. The Kier molecular flexibility index (Phi) is 3.51. The predicted molar refractivity (Wildman–Crippen MR) is 81.3 cm³/mol. The number of benzene rings is 1. The van der Waals surface area contributed by atoms with Crippen molar-refractivity contribution in [2.45, 2.75) is 52.1 Å². The number of nitrogens with one attached hydrogen (secondary N) is 1. The molecule has 3 amide bonds. The minimum Gasteiger partial charge on any atom is -0.322 e. The van der Waals surface area contributed by atoms with E-state index in [4.69, 9.17) is 0 Å². The molecule has 116 valence electrons. The number of carbonyl (C=O) groups is 3. The molecule has 3 rings (SSSR count). The monoisotopic (exact) mass is 300 g/mol. The van der Waals surface area contributed by atoms with Gasteiger partial charge in [-0.2, -0.15) is 0 Å². The molecule has 22 heavy (non-hydrogen) atoms. The molecular formula is C17H20N2O3. The van der Waals surface area contributed by atoms with E-state index in [-0.39, 0.29) is 24.1 Å². The van der Waals surface area contributed by atoms with Crippen molar-refractivity contribution in [3.63, 3.8) is 0 Å². The number of imide groups is 1. The molecule has 5 nitrogen and oxygen atoms in total. The molecule has 2 heterocycles. The molecule has 0 aliphatic carbocycles. The van der Waals surface area contributed by atoms with Crippen LogP contribution in [-0.2, 0) is 16.1 Å². The Morgan fingerprint density at radius 2 is 1.95 bits per heavy atom. The zero-order valence-corrected chi connectivity index (χ0v) is 13.1. The lowest BCUT2D eigenvalue weighted by Gasteiger charge is -2.29. The fourth-order valence-electron chi connectivity index (χ4n) is 3.41.